The number of thiazole rings is 1. The van der Waals surface area contributed by atoms with Crippen LogP contribution < -0.4 is 10.6 Å². The lowest BCUT2D eigenvalue weighted by atomic mass is 9.93. The molecule has 24 heavy (non-hydrogen) atoms. The number of guanidine groups is 1. The molecule has 5 nitrogen and oxygen atoms in total. The SMILES string of the molecule is CCC(CC)C(CNC(=NC)NCc1nc(C(C)C)cs1)N(C)C. The largest absolute Gasteiger partial charge is 0.355 e. The number of nitrogens with one attached hydrogen (secondary N) is 2. The average Bonchev–Trinajstić information content (AvgIpc) is 3.03. The fraction of sp³-hybridized carbons (Fsp3) is 0.778. The van der Waals surface area contributed by atoms with E-state index >= 15 is 0 Å². The van der Waals surface area contributed by atoms with Gasteiger partial charge in [0.25, 0.3) is 0 Å². The van der Waals surface area contributed by atoms with Gasteiger partial charge in [-0.1, -0.05) is 40.5 Å². The first-order chi connectivity index (χ1) is 11.4. The van der Waals surface area contributed by atoms with Crippen molar-refractivity contribution in [1.29, 1.82) is 0 Å². The van der Waals surface area contributed by atoms with Crippen molar-refractivity contribution in [1.82, 2.24) is 20.5 Å². The second-order valence-electron chi connectivity index (χ2n) is 6.74. The van der Waals surface area contributed by atoms with Crippen LogP contribution in [0.5, 0.6) is 0 Å². The quantitative estimate of drug-likeness (QED) is 0.528. The minimum Gasteiger partial charge on any atom is -0.355 e. The molecule has 0 aliphatic rings. The molecule has 0 aliphatic heterocycles. The van der Waals surface area contributed by atoms with Crippen LogP contribution in [-0.2, 0) is 6.54 Å². The molecule has 2 N–H and O–H groups in total. The molecular formula is C18H35N5S. The van der Waals surface area contributed by atoms with Crippen LogP contribution in [0.4, 0.5) is 0 Å². The zero-order valence-corrected chi connectivity index (χ0v) is 17.2. The van der Waals surface area contributed by atoms with E-state index < -0.39 is 0 Å². The van der Waals surface area contributed by atoms with E-state index in [1.807, 2.05) is 7.05 Å². The van der Waals surface area contributed by atoms with E-state index in [1.54, 1.807) is 11.3 Å². The third kappa shape index (κ3) is 6.40. The van der Waals surface area contributed by atoms with Crippen LogP contribution in [0.1, 0.15) is 57.2 Å². The van der Waals surface area contributed by atoms with Gasteiger partial charge in [-0.05, 0) is 25.9 Å². The minimum absolute atomic E-state index is 0.480. The summed E-state index contributed by atoms with van der Waals surface area (Å²) in [6, 6.07) is 0.506. The van der Waals surface area contributed by atoms with Crippen LogP contribution >= 0.6 is 11.3 Å². The molecule has 0 amide bonds. The zero-order chi connectivity index (χ0) is 18.1. The van der Waals surface area contributed by atoms with Gasteiger partial charge in [0.15, 0.2) is 5.96 Å². The van der Waals surface area contributed by atoms with Gasteiger partial charge >= 0.3 is 0 Å². The molecule has 0 bridgehead atoms. The molecule has 1 heterocycles. The number of hydrogen-bond acceptors (Lipinski definition) is 4. The molecule has 0 saturated heterocycles. The Morgan fingerprint density at radius 3 is 2.38 bits per heavy atom. The molecular weight excluding hydrogens is 318 g/mol. The first-order valence-corrected chi connectivity index (χ1v) is 9.86. The number of aliphatic imine (C=N–C) groups is 1. The highest BCUT2D eigenvalue weighted by Gasteiger charge is 2.20. The monoisotopic (exact) mass is 353 g/mol. The van der Waals surface area contributed by atoms with Crippen molar-refractivity contribution in [3.8, 4) is 0 Å². The lowest BCUT2D eigenvalue weighted by Crippen LogP contribution is -2.47. The van der Waals surface area contributed by atoms with Crippen molar-refractivity contribution < 1.29 is 0 Å². The standard InChI is InChI=1S/C18H35N5S/c1-8-14(9-2)16(23(6)7)10-20-18(19-5)21-11-17-22-15(12-24-17)13(3)4/h12-14,16H,8-11H2,1-7H3,(H2,19,20,21). The molecule has 1 aromatic heterocycles. The van der Waals surface area contributed by atoms with Crippen molar-refractivity contribution in [2.75, 3.05) is 27.7 Å². The second kappa shape index (κ2) is 10.7. The summed E-state index contributed by atoms with van der Waals surface area (Å²) in [4.78, 5) is 11.3. The Hall–Kier alpha value is -1.14. The van der Waals surface area contributed by atoms with Gasteiger partial charge in [-0.2, -0.15) is 0 Å². The Balaban J connectivity index is 2.54. The van der Waals surface area contributed by atoms with Gasteiger partial charge in [0, 0.05) is 25.0 Å². The Bertz CT molecular complexity index is 491. The molecule has 0 spiro atoms. The van der Waals surface area contributed by atoms with E-state index in [0.29, 0.717) is 24.4 Å². The summed E-state index contributed by atoms with van der Waals surface area (Å²) >= 11 is 1.71. The molecule has 1 unspecified atom stereocenters. The summed E-state index contributed by atoms with van der Waals surface area (Å²) in [6.45, 7) is 10.5. The van der Waals surface area contributed by atoms with E-state index in [1.165, 1.54) is 18.5 Å². The number of aromatic nitrogens is 1. The lowest BCUT2D eigenvalue weighted by molar-refractivity contribution is 0.200. The molecule has 0 aliphatic carbocycles. The third-order valence-electron chi connectivity index (χ3n) is 4.53. The summed E-state index contributed by atoms with van der Waals surface area (Å²) in [5.41, 5.74) is 1.17. The van der Waals surface area contributed by atoms with Crippen LogP contribution in [0.25, 0.3) is 0 Å². The highest BCUT2D eigenvalue weighted by Crippen LogP contribution is 2.18. The number of hydrogen-bond donors (Lipinski definition) is 2. The molecule has 0 aromatic carbocycles. The van der Waals surface area contributed by atoms with Crippen LogP contribution in [0, 0.1) is 5.92 Å². The van der Waals surface area contributed by atoms with Crippen LogP contribution in [0.15, 0.2) is 10.4 Å². The maximum absolute atomic E-state index is 4.66. The Kier molecular flexibility index (Phi) is 9.29. The summed E-state index contributed by atoms with van der Waals surface area (Å²) in [5, 5.41) is 10.1. The van der Waals surface area contributed by atoms with Crippen LogP contribution in [-0.4, -0.2) is 49.6 Å². The molecule has 0 radical (unpaired) electrons. The summed E-state index contributed by atoms with van der Waals surface area (Å²) in [6.07, 6.45) is 2.40. The molecule has 1 rings (SSSR count). The molecule has 0 fully saturated rings. The van der Waals surface area contributed by atoms with Gasteiger partial charge in [0.2, 0.25) is 0 Å². The van der Waals surface area contributed by atoms with Crippen molar-refractivity contribution in [2.45, 2.75) is 59.0 Å². The van der Waals surface area contributed by atoms with Crippen molar-refractivity contribution in [2.24, 2.45) is 10.9 Å². The van der Waals surface area contributed by atoms with Crippen LogP contribution in [0.2, 0.25) is 0 Å². The number of rotatable bonds is 9. The molecule has 138 valence electrons. The summed E-state index contributed by atoms with van der Waals surface area (Å²) < 4.78 is 0. The van der Waals surface area contributed by atoms with Crippen molar-refractivity contribution >= 4 is 17.3 Å². The fourth-order valence-corrected chi connectivity index (χ4v) is 3.75. The predicted molar refractivity (Wildman–Crippen MR) is 106 cm³/mol. The summed E-state index contributed by atoms with van der Waals surface area (Å²) in [7, 11) is 6.13. The fourth-order valence-electron chi connectivity index (χ4n) is 2.86. The maximum Gasteiger partial charge on any atom is 0.191 e. The highest BCUT2D eigenvalue weighted by molar-refractivity contribution is 7.09. The Morgan fingerprint density at radius 2 is 1.92 bits per heavy atom. The Morgan fingerprint density at radius 1 is 1.25 bits per heavy atom. The molecule has 1 atom stereocenters. The Labute approximate surface area is 152 Å². The van der Waals surface area contributed by atoms with E-state index in [0.717, 1.165) is 17.5 Å². The zero-order valence-electron chi connectivity index (χ0n) is 16.4. The predicted octanol–water partition coefficient (Wildman–Crippen LogP) is 3.30. The number of nitrogens with zero attached hydrogens (tertiary/aromatic N) is 3. The van der Waals surface area contributed by atoms with E-state index in [2.05, 4.69) is 72.7 Å². The van der Waals surface area contributed by atoms with Gasteiger partial charge in [0.05, 0.1) is 12.2 Å². The maximum atomic E-state index is 4.66. The topological polar surface area (TPSA) is 52.6 Å². The smallest absolute Gasteiger partial charge is 0.191 e. The van der Waals surface area contributed by atoms with Crippen molar-refractivity contribution in [3.63, 3.8) is 0 Å². The number of likely N-dealkylation sites (N-methyl/N-ethyl adjacent to an activating group) is 1. The van der Waals surface area contributed by atoms with E-state index in [9.17, 15) is 0 Å². The first-order valence-electron chi connectivity index (χ1n) is 8.98. The molecule has 0 saturated carbocycles. The van der Waals surface area contributed by atoms with Crippen LogP contribution in [0.3, 0.4) is 0 Å². The summed E-state index contributed by atoms with van der Waals surface area (Å²) in [5.74, 6) is 2.01. The van der Waals surface area contributed by atoms with Gasteiger partial charge in [0.1, 0.15) is 5.01 Å². The molecule has 6 heteroatoms. The second-order valence-corrected chi connectivity index (χ2v) is 7.68. The van der Waals surface area contributed by atoms with E-state index in [4.69, 9.17) is 0 Å². The van der Waals surface area contributed by atoms with Gasteiger partial charge in [-0.3, -0.25) is 4.99 Å². The van der Waals surface area contributed by atoms with Gasteiger partial charge in [-0.15, -0.1) is 11.3 Å². The molecule has 1 aromatic rings. The lowest BCUT2D eigenvalue weighted by Gasteiger charge is -2.32. The normalized spacial score (nSPS) is 13.8. The van der Waals surface area contributed by atoms with Gasteiger partial charge in [-0.25, -0.2) is 4.98 Å². The van der Waals surface area contributed by atoms with E-state index in [-0.39, 0.29) is 0 Å². The first kappa shape index (κ1) is 20.9. The average molecular weight is 354 g/mol. The highest BCUT2D eigenvalue weighted by atomic mass is 32.1. The third-order valence-corrected chi connectivity index (χ3v) is 5.39. The van der Waals surface area contributed by atoms with Gasteiger partial charge < -0.3 is 15.5 Å². The van der Waals surface area contributed by atoms with Crippen molar-refractivity contribution in [3.05, 3.63) is 16.1 Å². The minimum atomic E-state index is 0.480.